The zero-order valence-electron chi connectivity index (χ0n) is 19.8. The summed E-state index contributed by atoms with van der Waals surface area (Å²) < 4.78 is 0. The van der Waals surface area contributed by atoms with Gasteiger partial charge in [-0.1, -0.05) is 115 Å². The number of hydrogen-bond donors (Lipinski definition) is 0. The van der Waals surface area contributed by atoms with E-state index in [1.54, 1.807) is 0 Å². The van der Waals surface area contributed by atoms with Crippen LogP contribution < -0.4 is 33.6 Å². The van der Waals surface area contributed by atoms with Crippen LogP contribution >= 0.6 is 7.26 Å². The van der Waals surface area contributed by atoms with Crippen molar-refractivity contribution in [2.24, 2.45) is 0 Å². The van der Waals surface area contributed by atoms with Gasteiger partial charge in [0.1, 0.15) is 28.5 Å². The number of fused-ring (bicyclic) bond motifs is 1. The molecule has 174 valence electrons. The molecule has 0 fully saturated rings. The van der Waals surface area contributed by atoms with Crippen molar-refractivity contribution in [2.75, 3.05) is 0 Å². The van der Waals surface area contributed by atoms with Gasteiger partial charge in [0.25, 0.3) is 0 Å². The van der Waals surface area contributed by atoms with Crippen LogP contribution in [0.5, 0.6) is 0 Å². The average molecular weight is 501 g/mol. The van der Waals surface area contributed by atoms with Gasteiger partial charge in [-0.3, -0.25) is 0 Å². The van der Waals surface area contributed by atoms with Gasteiger partial charge in [-0.05, 0) is 58.8 Å². The fourth-order valence-corrected chi connectivity index (χ4v) is 9.73. The summed E-state index contributed by atoms with van der Waals surface area (Å²) in [5, 5.41) is 8.04. The molecule has 2 heteroatoms. The summed E-state index contributed by atoms with van der Waals surface area (Å²) in [6, 6.07) is 57.7. The van der Waals surface area contributed by atoms with Crippen LogP contribution in [0.3, 0.4) is 0 Å². The van der Waals surface area contributed by atoms with Gasteiger partial charge >= 0.3 is 0 Å². The van der Waals surface area contributed by atoms with Gasteiger partial charge in [-0.25, -0.2) is 0 Å². The van der Waals surface area contributed by atoms with E-state index >= 15 is 0 Å². The molecular formula is C34H26ClP. The predicted molar refractivity (Wildman–Crippen MR) is 154 cm³/mol. The van der Waals surface area contributed by atoms with Crippen LogP contribution in [0, 0.1) is 0 Å². The van der Waals surface area contributed by atoms with Crippen LogP contribution in [0.15, 0.2) is 158 Å². The molecule has 0 aliphatic heterocycles. The summed E-state index contributed by atoms with van der Waals surface area (Å²) in [7, 11) is -2.19. The quantitative estimate of drug-likeness (QED) is 0.312. The second kappa shape index (κ2) is 10.5. The summed E-state index contributed by atoms with van der Waals surface area (Å²) in [5.74, 6) is 0. The van der Waals surface area contributed by atoms with E-state index in [0.29, 0.717) is 0 Å². The molecule has 6 aromatic carbocycles. The van der Waals surface area contributed by atoms with E-state index in [1.165, 1.54) is 43.1 Å². The molecule has 6 rings (SSSR count). The number of halogens is 1. The summed E-state index contributed by atoms with van der Waals surface area (Å²) in [6.07, 6.45) is 0. The Hall–Kier alpha value is -3.70. The fraction of sp³-hybridized carbons (Fsp3) is 0. The first-order chi connectivity index (χ1) is 17.4. The van der Waals surface area contributed by atoms with E-state index in [4.69, 9.17) is 0 Å². The highest BCUT2D eigenvalue weighted by Gasteiger charge is 2.49. The molecule has 0 aliphatic carbocycles. The van der Waals surface area contributed by atoms with E-state index in [9.17, 15) is 0 Å². The van der Waals surface area contributed by atoms with Crippen LogP contribution in [-0.4, -0.2) is 0 Å². The number of hydrogen-bond acceptors (Lipinski definition) is 0. The standard InChI is InChI=1S/C34H26P.ClH/c1-4-17-28(18-5-1)35(29-19-6-2-7-20-29,30-21-8-3-9-22-30)34-26-13-12-24-33(34)32-25-14-16-27-15-10-11-23-31(27)32;/h1-26H;1H/q+1;/p-1. The number of rotatable bonds is 5. The molecule has 0 aliphatic rings. The summed E-state index contributed by atoms with van der Waals surface area (Å²) in [4.78, 5) is 0. The lowest BCUT2D eigenvalue weighted by Crippen LogP contribution is -3.00. The highest BCUT2D eigenvalue weighted by atomic mass is 35.5. The predicted octanol–water partition coefficient (Wildman–Crippen LogP) is 4.13. The van der Waals surface area contributed by atoms with E-state index < -0.39 is 7.26 Å². The van der Waals surface area contributed by atoms with Gasteiger partial charge in [-0.2, -0.15) is 0 Å². The fourth-order valence-electron chi connectivity index (χ4n) is 5.27. The van der Waals surface area contributed by atoms with Crippen LogP contribution in [0.1, 0.15) is 0 Å². The Kier molecular flexibility index (Phi) is 7.01. The Morgan fingerprint density at radius 3 is 1.33 bits per heavy atom. The average Bonchev–Trinajstić information content (AvgIpc) is 2.95. The zero-order valence-corrected chi connectivity index (χ0v) is 21.5. The molecule has 0 nitrogen and oxygen atoms in total. The van der Waals surface area contributed by atoms with E-state index in [1.807, 2.05) is 0 Å². The lowest BCUT2D eigenvalue weighted by Gasteiger charge is -2.29. The second-order valence-corrected chi connectivity index (χ2v) is 12.1. The lowest BCUT2D eigenvalue weighted by atomic mass is 9.98. The molecule has 0 atom stereocenters. The molecule has 0 saturated carbocycles. The molecule has 0 radical (unpaired) electrons. The topological polar surface area (TPSA) is 0 Å². The van der Waals surface area contributed by atoms with Crippen molar-refractivity contribution in [3.05, 3.63) is 158 Å². The monoisotopic (exact) mass is 500 g/mol. The van der Waals surface area contributed by atoms with Crippen molar-refractivity contribution in [2.45, 2.75) is 0 Å². The first-order valence-electron chi connectivity index (χ1n) is 12.0. The largest absolute Gasteiger partial charge is 1.00 e. The highest BCUT2D eigenvalue weighted by Crippen LogP contribution is 2.56. The van der Waals surface area contributed by atoms with Crippen molar-refractivity contribution < 1.29 is 12.4 Å². The van der Waals surface area contributed by atoms with Crippen molar-refractivity contribution in [3.63, 3.8) is 0 Å². The normalized spacial score (nSPS) is 11.1. The van der Waals surface area contributed by atoms with E-state index in [0.717, 1.165) is 0 Å². The maximum Gasteiger partial charge on any atom is 0.144 e. The first-order valence-corrected chi connectivity index (χ1v) is 13.8. The van der Waals surface area contributed by atoms with Crippen molar-refractivity contribution >= 4 is 39.3 Å². The Balaban J connectivity index is 0.00000267. The maximum absolute atomic E-state index is 2.36. The third-order valence-corrected chi connectivity index (χ3v) is 11.1. The van der Waals surface area contributed by atoms with Gasteiger partial charge < -0.3 is 12.4 Å². The van der Waals surface area contributed by atoms with Gasteiger partial charge in [0, 0.05) is 5.56 Å². The van der Waals surface area contributed by atoms with Gasteiger partial charge in [0.05, 0.1) is 0 Å². The Bertz CT molecular complexity index is 1480. The van der Waals surface area contributed by atoms with Gasteiger partial charge in [-0.15, -0.1) is 0 Å². The third kappa shape index (κ3) is 4.03. The molecule has 0 spiro atoms. The van der Waals surface area contributed by atoms with Gasteiger partial charge in [0.2, 0.25) is 0 Å². The van der Waals surface area contributed by atoms with Crippen LogP contribution in [0.2, 0.25) is 0 Å². The Morgan fingerprint density at radius 2 is 0.750 bits per heavy atom. The summed E-state index contributed by atoms with van der Waals surface area (Å²) in [5.41, 5.74) is 2.58. The molecule has 0 heterocycles. The minimum Gasteiger partial charge on any atom is -1.00 e. The molecule has 0 unspecified atom stereocenters. The van der Waals surface area contributed by atoms with Crippen molar-refractivity contribution in [3.8, 4) is 11.1 Å². The molecule has 0 saturated heterocycles. The summed E-state index contributed by atoms with van der Waals surface area (Å²) >= 11 is 0. The Labute approximate surface area is 220 Å². The zero-order chi connectivity index (χ0) is 23.5. The minimum atomic E-state index is -2.19. The molecule has 0 N–H and O–H groups in total. The van der Waals surface area contributed by atoms with Gasteiger partial charge in [0.15, 0.2) is 0 Å². The molecule has 36 heavy (non-hydrogen) atoms. The molecule has 6 aromatic rings. The smallest absolute Gasteiger partial charge is 0.144 e. The lowest BCUT2D eigenvalue weighted by molar-refractivity contribution is -0.00000653. The SMILES string of the molecule is [Cl-].c1ccc([P+](c2ccccc2)(c2ccccc2)c2ccccc2-c2cccc3ccccc23)cc1. The third-order valence-electron chi connectivity index (χ3n) is 6.78. The van der Waals surface area contributed by atoms with E-state index in [2.05, 4.69) is 158 Å². The highest BCUT2D eigenvalue weighted by molar-refractivity contribution is 8.01. The second-order valence-electron chi connectivity index (χ2n) is 8.72. The maximum atomic E-state index is 2.36. The first kappa shape index (κ1) is 24.0. The van der Waals surface area contributed by atoms with Crippen LogP contribution in [0.4, 0.5) is 0 Å². The molecule has 0 bridgehead atoms. The number of benzene rings is 6. The van der Waals surface area contributed by atoms with Crippen LogP contribution in [-0.2, 0) is 0 Å². The molecule has 0 aromatic heterocycles. The molecular weight excluding hydrogens is 475 g/mol. The Morgan fingerprint density at radius 1 is 0.333 bits per heavy atom. The summed E-state index contributed by atoms with van der Waals surface area (Å²) in [6.45, 7) is 0. The minimum absolute atomic E-state index is 0. The van der Waals surface area contributed by atoms with Crippen LogP contribution in [0.25, 0.3) is 21.9 Å². The molecule has 0 amide bonds. The van der Waals surface area contributed by atoms with Crippen molar-refractivity contribution in [1.82, 2.24) is 0 Å². The van der Waals surface area contributed by atoms with Crippen molar-refractivity contribution in [1.29, 1.82) is 0 Å². The van der Waals surface area contributed by atoms with E-state index in [-0.39, 0.29) is 12.4 Å².